The number of aliphatic carboxylic acids is 1. The van der Waals surface area contributed by atoms with Crippen molar-refractivity contribution < 1.29 is 9.90 Å². The fourth-order valence-electron chi connectivity index (χ4n) is 2.15. The number of carbonyl (C=O) groups is 1. The summed E-state index contributed by atoms with van der Waals surface area (Å²) in [4.78, 5) is 10.9. The highest BCUT2D eigenvalue weighted by atomic mass is 32.2. The van der Waals surface area contributed by atoms with Gasteiger partial charge in [-0.15, -0.1) is 0 Å². The van der Waals surface area contributed by atoms with E-state index in [4.69, 9.17) is 5.11 Å². The van der Waals surface area contributed by atoms with Gasteiger partial charge in [-0.05, 0) is 25.0 Å². The van der Waals surface area contributed by atoms with Crippen LogP contribution in [0, 0.1) is 0 Å². The predicted octanol–water partition coefficient (Wildman–Crippen LogP) is 2.11. The zero-order chi connectivity index (χ0) is 11.3. The molecule has 0 aromatic carbocycles. The number of carboxylic acid groups (broad SMARTS) is 1. The molecule has 3 atom stereocenters. The van der Waals surface area contributed by atoms with Gasteiger partial charge in [0.2, 0.25) is 0 Å². The number of nitrogens with one attached hydrogen (secondary N) is 1. The molecule has 1 aliphatic rings. The van der Waals surface area contributed by atoms with Gasteiger partial charge in [-0.2, -0.15) is 11.8 Å². The summed E-state index contributed by atoms with van der Waals surface area (Å²) in [7, 11) is 0. The van der Waals surface area contributed by atoms with E-state index in [1.54, 1.807) is 0 Å². The normalized spacial score (nSPS) is 27.9. The summed E-state index contributed by atoms with van der Waals surface area (Å²) in [5, 5.41) is 12.9. The molecule has 0 bridgehead atoms. The lowest BCUT2D eigenvalue weighted by molar-refractivity contribution is -0.139. The minimum absolute atomic E-state index is 0.368. The van der Waals surface area contributed by atoms with Crippen LogP contribution in [0.4, 0.5) is 0 Å². The van der Waals surface area contributed by atoms with Crippen LogP contribution in [-0.2, 0) is 4.79 Å². The Morgan fingerprint density at radius 1 is 1.53 bits per heavy atom. The number of rotatable bonds is 6. The summed E-state index contributed by atoms with van der Waals surface area (Å²) in [5.41, 5.74) is 0. The van der Waals surface area contributed by atoms with Crippen LogP contribution in [0.5, 0.6) is 0 Å². The average Bonchev–Trinajstić information content (AvgIpc) is 2.62. The first kappa shape index (κ1) is 12.8. The van der Waals surface area contributed by atoms with E-state index < -0.39 is 5.97 Å². The summed E-state index contributed by atoms with van der Waals surface area (Å²) in [5.74, 6) is 0.400. The molecule has 1 rings (SSSR count). The Kier molecular flexibility index (Phi) is 5.47. The Labute approximate surface area is 96.0 Å². The first-order valence-electron chi connectivity index (χ1n) is 5.79. The standard InChI is InChI=1S/C11H21NO2S/c1-3-8(11(13)14)12-9-6-5-7-10(9)15-4-2/h8-10,12H,3-7H2,1-2H3,(H,13,14). The lowest BCUT2D eigenvalue weighted by Crippen LogP contribution is -2.45. The van der Waals surface area contributed by atoms with Crippen LogP contribution in [0.15, 0.2) is 0 Å². The quantitative estimate of drug-likeness (QED) is 0.735. The first-order chi connectivity index (χ1) is 7.19. The maximum atomic E-state index is 10.9. The molecular formula is C11H21NO2S. The summed E-state index contributed by atoms with van der Waals surface area (Å²) >= 11 is 1.96. The zero-order valence-corrected chi connectivity index (χ0v) is 10.3. The number of carboxylic acids is 1. The van der Waals surface area contributed by atoms with Crippen LogP contribution in [0.2, 0.25) is 0 Å². The molecule has 15 heavy (non-hydrogen) atoms. The van der Waals surface area contributed by atoms with E-state index in [9.17, 15) is 4.79 Å². The summed E-state index contributed by atoms with van der Waals surface area (Å²) in [6.07, 6.45) is 4.24. The molecule has 3 unspecified atom stereocenters. The SMILES string of the molecule is CCSC1CCCC1NC(CC)C(=O)O. The fourth-order valence-corrected chi connectivity index (χ4v) is 3.36. The second kappa shape index (κ2) is 6.38. The summed E-state index contributed by atoms with van der Waals surface area (Å²) in [6, 6.07) is 0.0315. The van der Waals surface area contributed by atoms with Gasteiger partial charge in [0.05, 0.1) is 0 Å². The van der Waals surface area contributed by atoms with Crippen molar-refractivity contribution in [1.82, 2.24) is 5.32 Å². The van der Waals surface area contributed by atoms with Crippen LogP contribution in [0.25, 0.3) is 0 Å². The van der Waals surface area contributed by atoms with Crippen LogP contribution in [-0.4, -0.2) is 34.2 Å². The molecule has 0 spiro atoms. The summed E-state index contributed by atoms with van der Waals surface area (Å²) < 4.78 is 0. The molecule has 0 heterocycles. The van der Waals surface area contributed by atoms with Gasteiger partial charge in [-0.3, -0.25) is 4.79 Å². The molecular weight excluding hydrogens is 210 g/mol. The van der Waals surface area contributed by atoms with Crippen molar-refractivity contribution in [3.05, 3.63) is 0 Å². The minimum Gasteiger partial charge on any atom is -0.480 e. The van der Waals surface area contributed by atoms with Gasteiger partial charge < -0.3 is 10.4 Å². The Morgan fingerprint density at radius 2 is 2.27 bits per heavy atom. The maximum Gasteiger partial charge on any atom is 0.320 e. The van der Waals surface area contributed by atoms with Crippen LogP contribution >= 0.6 is 11.8 Å². The summed E-state index contributed by atoms with van der Waals surface area (Å²) in [6.45, 7) is 4.08. The van der Waals surface area contributed by atoms with Gasteiger partial charge >= 0.3 is 5.97 Å². The molecule has 1 fully saturated rings. The van der Waals surface area contributed by atoms with Crippen molar-refractivity contribution >= 4 is 17.7 Å². The Hall–Kier alpha value is -0.220. The average molecular weight is 231 g/mol. The van der Waals surface area contributed by atoms with Gasteiger partial charge in [-0.1, -0.05) is 20.3 Å². The Bertz CT molecular complexity index is 211. The van der Waals surface area contributed by atoms with Gasteiger partial charge in [0.15, 0.2) is 0 Å². The third-order valence-corrected chi connectivity index (χ3v) is 4.28. The predicted molar refractivity (Wildman–Crippen MR) is 64.4 cm³/mol. The van der Waals surface area contributed by atoms with Gasteiger partial charge in [-0.25, -0.2) is 0 Å². The van der Waals surface area contributed by atoms with E-state index in [1.165, 1.54) is 12.8 Å². The molecule has 0 aromatic rings. The van der Waals surface area contributed by atoms with E-state index >= 15 is 0 Å². The molecule has 4 heteroatoms. The van der Waals surface area contributed by atoms with Crippen LogP contribution in [0.3, 0.4) is 0 Å². The van der Waals surface area contributed by atoms with Gasteiger partial charge in [0, 0.05) is 11.3 Å². The smallest absolute Gasteiger partial charge is 0.320 e. The number of hydrogen-bond donors (Lipinski definition) is 2. The van der Waals surface area contributed by atoms with E-state index in [0.29, 0.717) is 17.7 Å². The van der Waals surface area contributed by atoms with Gasteiger partial charge in [0.25, 0.3) is 0 Å². The third-order valence-electron chi connectivity index (χ3n) is 2.95. The number of hydrogen-bond acceptors (Lipinski definition) is 3. The van der Waals surface area contributed by atoms with Crippen molar-refractivity contribution in [3.8, 4) is 0 Å². The largest absolute Gasteiger partial charge is 0.480 e. The van der Waals surface area contributed by atoms with Crippen molar-refractivity contribution in [3.63, 3.8) is 0 Å². The highest BCUT2D eigenvalue weighted by Crippen LogP contribution is 2.30. The minimum atomic E-state index is -0.718. The van der Waals surface area contributed by atoms with E-state index in [2.05, 4.69) is 12.2 Å². The highest BCUT2D eigenvalue weighted by Gasteiger charge is 2.30. The lowest BCUT2D eigenvalue weighted by Gasteiger charge is -2.23. The molecule has 88 valence electrons. The third kappa shape index (κ3) is 3.68. The highest BCUT2D eigenvalue weighted by molar-refractivity contribution is 7.99. The van der Waals surface area contributed by atoms with Crippen LogP contribution < -0.4 is 5.32 Å². The lowest BCUT2D eigenvalue weighted by atomic mass is 10.1. The molecule has 3 nitrogen and oxygen atoms in total. The van der Waals surface area contributed by atoms with E-state index in [1.807, 2.05) is 18.7 Å². The van der Waals surface area contributed by atoms with Crippen molar-refractivity contribution in [2.45, 2.75) is 56.9 Å². The number of thioether (sulfide) groups is 1. The molecule has 2 N–H and O–H groups in total. The first-order valence-corrected chi connectivity index (χ1v) is 6.84. The van der Waals surface area contributed by atoms with Crippen LogP contribution in [0.1, 0.15) is 39.5 Å². The molecule has 0 amide bonds. The molecule has 1 saturated carbocycles. The zero-order valence-electron chi connectivity index (χ0n) is 9.53. The second-order valence-corrected chi connectivity index (χ2v) is 5.51. The topological polar surface area (TPSA) is 49.3 Å². The second-order valence-electron chi connectivity index (χ2n) is 4.00. The Balaban J connectivity index is 2.44. The van der Waals surface area contributed by atoms with Gasteiger partial charge in [0.1, 0.15) is 6.04 Å². The monoisotopic (exact) mass is 231 g/mol. The molecule has 0 aliphatic heterocycles. The fraction of sp³-hybridized carbons (Fsp3) is 0.909. The van der Waals surface area contributed by atoms with Crippen molar-refractivity contribution in [1.29, 1.82) is 0 Å². The molecule has 0 radical (unpaired) electrons. The van der Waals surface area contributed by atoms with Crippen molar-refractivity contribution in [2.75, 3.05) is 5.75 Å². The van der Waals surface area contributed by atoms with E-state index in [-0.39, 0.29) is 6.04 Å². The molecule has 0 aromatic heterocycles. The van der Waals surface area contributed by atoms with E-state index in [0.717, 1.165) is 12.2 Å². The molecule has 0 saturated heterocycles. The molecule has 1 aliphatic carbocycles. The Morgan fingerprint density at radius 3 is 2.80 bits per heavy atom. The maximum absolute atomic E-state index is 10.9. The van der Waals surface area contributed by atoms with Crippen molar-refractivity contribution in [2.24, 2.45) is 0 Å².